The molecule has 1 fully saturated rings. The molecule has 0 bridgehead atoms. The van der Waals surface area contributed by atoms with E-state index in [0.29, 0.717) is 24.1 Å². The van der Waals surface area contributed by atoms with Crippen molar-refractivity contribution in [2.45, 2.75) is 38.1 Å². The molecular formula is C14H20FN5. The lowest BCUT2D eigenvalue weighted by Gasteiger charge is -2.42. The van der Waals surface area contributed by atoms with E-state index in [0.717, 1.165) is 19.3 Å². The average Bonchev–Trinajstić information content (AvgIpc) is 2.82. The van der Waals surface area contributed by atoms with E-state index < -0.39 is 0 Å². The third-order valence-corrected chi connectivity index (χ3v) is 4.47. The minimum Gasteiger partial charge on any atom is -0.346 e. The van der Waals surface area contributed by atoms with E-state index in [1.807, 2.05) is 0 Å². The lowest BCUT2D eigenvalue weighted by Crippen LogP contribution is -2.52. The van der Waals surface area contributed by atoms with Crippen molar-refractivity contribution in [3.05, 3.63) is 24.1 Å². The van der Waals surface area contributed by atoms with Gasteiger partial charge in [0.1, 0.15) is 5.82 Å². The topological polar surface area (TPSA) is 68.2 Å². The summed E-state index contributed by atoms with van der Waals surface area (Å²) in [5.74, 6) is 0.674. The molecule has 2 atom stereocenters. The molecule has 20 heavy (non-hydrogen) atoms. The van der Waals surface area contributed by atoms with Crippen LogP contribution >= 0.6 is 0 Å². The molecular weight excluding hydrogens is 257 g/mol. The third kappa shape index (κ3) is 2.24. The van der Waals surface area contributed by atoms with E-state index in [1.165, 1.54) is 23.2 Å². The van der Waals surface area contributed by atoms with Gasteiger partial charge in [0.05, 0.1) is 11.7 Å². The predicted molar refractivity (Wildman–Crippen MR) is 76.0 cm³/mol. The summed E-state index contributed by atoms with van der Waals surface area (Å²) in [6.07, 6.45) is 5.92. The molecule has 0 amide bonds. The van der Waals surface area contributed by atoms with Crippen molar-refractivity contribution in [3.8, 4) is 0 Å². The summed E-state index contributed by atoms with van der Waals surface area (Å²) in [5.41, 5.74) is 6.49. The number of halogens is 1. The second-order valence-corrected chi connectivity index (χ2v) is 5.72. The summed E-state index contributed by atoms with van der Waals surface area (Å²) in [6, 6.07) is 3.00. The maximum absolute atomic E-state index is 13.2. The first kappa shape index (κ1) is 13.3. The SMILES string of the molecule is CC1CCCCC1(CN)Nc1nc2ccc(F)cn2n1. The Morgan fingerprint density at radius 1 is 1.50 bits per heavy atom. The highest BCUT2D eigenvalue weighted by Crippen LogP contribution is 2.35. The Morgan fingerprint density at radius 3 is 3.10 bits per heavy atom. The van der Waals surface area contributed by atoms with Crippen molar-refractivity contribution in [1.82, 2.24) is 14.6 Å². The maximum Gasteiger partial charge on any atom is 0.243 e. The Bertz CT molecular complexity index is 611. The highest BCUT2D eigenvalue weighted by atomic mass is 19.1. The second kappa shape index (κ2) is 5.01. The van der Waals surface area contributed by atoms with Crippen LogP contribution in [0.4, 0.5) is 10.3 Å². The van der Waals surface area contributed by atoms with Gasteiger partial charge in [-0.05, 0) is 30.9 Å². The highest BCUT2D eigenvalue weighted by molar-refractivity contribution is 5.44. The molecule has 0 spiro atoms. The fraction of sp³-hybridized carbons (Fsp3) is 0.571. The van der Waals surface area contributed by atoms with Gasteiger partial charge in [-0.3, -0.25) is 0 Å². The van der Waals surface area contributed by atoms with Crippen LogP contribution in [0.3, 0.4) is 0 Å². The Hall–Kier alpha value is -1.69. The highest BCUT2D eigenvalue weighted by Gasteiger charge is 2.37. The van der Waals surface area contributed by atoms with Crippen molar-refractivity contribution in [3.63, 3.8) is 0 Å². The smallest absolute Gasteiger partial charge is 0.243 e. The van der Waals surface area contributed by atoms with Crippen molar-refractivity contribution in [1.29, 1.82) is 0 Å². The predicted octanol–water partition coefficient (Wildman–Crippen LogP) is 2.19. The zero-order chi connectivity index (χ0) is 14.2. The molecule has 0 saturated heterocycles. The molecule has 1 saturated carbocycles. The molecule has 108 valence electrons. The number of nitrogens with one attached hydrogen (secondary N) is 1. The molecule has 6 heteroatoms. The van der Waals surface area contributed by atoms with Gasteiger partial charge in [0.2, 0.25) is 5.95 Å². The molecule has 3 rings (SSSR count). The monoisotopic (exact) mass is 277 g/mol. The molecule has 0 aromatic carbocycles. The number of nitrogens with two attached hydrogens (primary N) is 1. The van der Waals surface area contributed by atoms with Crippen LogP contribution in [-0.4, -0.2) is 26.7 Å². The maximum atomic E-state index is 13.2. The van der Waals surface area contributed by atoms with Gasteiger partial charge in [0.25, 0.3) is 0 Å². The molecule has 3 N–H and O–H groups in total. The summed E-state index contributed by atoms with van der Waals surface area (Å²) in [4.78, 5) is 4.39. The van der Waals surface area contributed by atoms with Gasteiger partial charge >= 0.3 is 0 Å². The number of aromatic nitrogens is 3. The molecule has 5 nitrogen and oxygen atoms in total. The summed E-state index contributed by atoms with van der Waals surface area (Å²) in [7, 11) is 0. The van der Waals surface area contributed by atoms with Crippen LogP contribution < -0.4 is 11.1 Å². The number of pyridine rings is 1. The van der Waals surface area contributed by atoms with Crippen molar-refractivity contribution in [2.24, 2.45) is 11.7 Å². The van der Waals surface area contributed by atoms with E-state index in [1.54, 1.807) is 6.07 Å². The van der Waals surface area contributed by atoms with Gasteiger partial charge in [-0.25, -0.2) is 8.91 Å². The Balaban J connectivity index is 1.90. The minimum absolute atomic E-state index is 0.151. The molecule has 2 aromatic heterocycles. The Kier molecular flexibility index (Phi) is 3.33. The normalized spacial score (nSPS) is 26.9. The van der Waals surface area contributed by atoms with Gasteiger partial charge in [0.15, 0.2) is 5.65 Å². The number of anilines is 1. The molecule has 1 aliphatic rings. The van der Waals surface area contributed by atoms with E-state index in [4.69, 9.17) is 5.73 Å². The van der Waals surface area contributed by atoms with Crippen LogP contribution in [0.1, 0.15) is 32.6 Å². The van der Waals surface area contributed by atoms with Crippen LogP contribution in [0.15, 0.2) is 18.3 Å². The molecule has 0 radical (unpaired) electrons. The zero-order valence-electron chi connectivity index (χ0n) is 11.6. The first-order valence-electron chi connectivity index (χ1n) is 7.13. The van der Waals surface area contributed by atoms with Gasteiger partial charge in [-0.15, -0.1) is 5.10 Å². The Labute approximate surface area is 117 Å². The number of nitrogens with zero attached hydrogens (tertiary/aromatic N) is 3. The van der Waals surface area contributed by atoms with Crippen molar-refractivity contribution < 1.29 is 4.39 Å². The number of hydrogen-bond donors (Lipinski definition) is 2. The number of hydrogen-bond acceptors (Lipinski definition) is 4. The van der Waals surface area contributed by atoms with E-state index in [-0.39, 0.29) is 11.4 Å². The minimum atomic E-state index is -0.325. The number of rotatable bonds is 3. The first-order chi connectivity index (χ1) is 9.63. The second-order valence-electron chi connectivity index (χ2n) is 5.72. The third-order valence-electron chi connectivity index (χ3n) is 4.47. The van der Waals surface area contributed by atoms with Crippen LogP contribution in [0.2, 0.25) is 0 Å². The fourth-order valence-electron chi connectivity index (χ4n) is 3.09. The first-order valence-corrected chi connectivity index (χ1v) is 7.13. The Morgan fingerprint density at radius 2 is 2.35 bits per heavy atom. The zero-order valence-corrected chi connectivity index (χ0v) is 11.6. The van der Waals surface area contributed by atoms with Gasteiger partial charge < -0.3 is 11.1 Å². The molecule has 1 aliphatic carbocycles. The van der Waals surface area contributed by atoms with Gasteiger partial charge in [0, 0.05) is 6.54 Å². The lowest BCUT2D eigenvalue weighted by molar-refractivity contribution is 0.234. The van der Waals surface area contributed by atoms with E-state index in [9.17, 15) is 4.39 Å². The molecule has 0 aliphatic heterocycles. The molecule has 2 unspecified atom stereocenters. The van der Waals surface area contributed by atoms with Gasteiger partial charge in [-0.1, -0.05) is 19.8 Å². The van der Waals surface area contributed by atoms with Crippen LogP contribution in [0.5, 0.6) is 0 Å². The van der Waals surface area contributed by atoms with Crippen molar-refractivity contribution in [2.75, 3.05) is 11.9 Å². The van der Waals surface area contributed by atoms with E-state index in [2.05, 4.69) is 22.3 Å². The fourth-order valence-corrected chi connectivity index (χ4v) is 3.09. The standard InChI is InChI=1S/C14H20FN5/c1-10-4-2-3-7-14(10,9-16)18-13-17-12-6-5-11(15)8-20(12)19-13/h5-6,8,10H,2-4,7,9,16H2,1H3,(H,18,19). The van der Waals surface area contributed by atoms with E-state index >= 15 is 0 Å². The number of fused-ring (bicyclic) bond motifs is 1. The molecule has 2 aromatic rings. The largest absolute Gasteiger partial charge is 0.346 e. The quantitative estimate of drug-likeness (QED) is 0.902. The summed E-state index contributed by atoms with van der Waals surface area (Å²) in [6.45, 7) is 2.77. The summed E-state index contributed by atoms with van der Waals surface area (Å²) < 4.78 is 14.6. The van der Waals surface area contributed by atoms with Crippen LogP contribution in [0.25, 0.3) is 5.65 Å². The lowest BCUT2D eigenvalue weighted by atomic mass is 9.73. The average molecular weight is 277 g/mol. The molecule has 2 heterocycles. The summed E-state index contributed by atoms with van der Waals surface area (Å²) >= 11 is 0. The van der Waals surface area contributed by atoms with Crippen LogP contribution in [0, 0.1) is 11.7 Å². The summed E-state index contributed by atoms with van der Waals surface area (Å²) in [5, 5.41) is 7.71. The van der Waals surface area contributed by atoms with Crippen molar-refractivity contribution >= 4 is 11.6 Å². The van der Waals surface area contributed by atoms with Gasteiger partial charge in [-0.2, -0.15) is 4.98 Å². The van der Waals surface area contributed by atoms with Crippen LogP contribution in [-0.2, 0) is 0 Å².